The Labute approximate surface area is 153 Å². The second-order valence-electron chi connectivity index (χ2n) is 7.01. The molecule has 2 aromatic rings. The third-order valence-corrected chi connectivity index (χ3v) is 5.42. The van der Waals surface area contributed by atoms with E-state index in [1.54, 1.807) is 4.90 Å². The average molecular weight is 383 g/mol. The summed E-state index contributed by atoms with van der Waals surface area (Å²) in [5.41, 5.74) is -0.360. The third kappa shape index (κ3) is 3.33. The highest BCUT2D eigenvalue weighted by atomic mass is 19.4. The highest BCUT2D eigenvalue weighted by molar-refractivity contribution is 5.77. The Morgan fingerprint density at radius 1 is 1.15 bits per heavy atom. The van der Waals surface area contributed by atoms with Crippen LogP contribution in [0.4, 0.5) is 13.2 Å². The van der Waals surface area contributed by atoms with Gasteiger partial charge in [-0.3, -0.25) is 4.79 Å². The van der Waals surface area contributed by atoms with E-state index in [2.05, 4.69) is 14.8 Å². The van der Waals surface area contributed by atoms with E-state index in [0.29, 0.717) is 13.2 Å². The van der Waals surface area contributed by atoms with Crippen LogP contribution in [0.1, 0.15) is 30.9 Å². The summed E-state index contributed by atoms with van der Waals surface area (Å²) in [7, 11) is 0. The molecular weight excluding hydrogens is 363 g/mol. The van der Waals surface area contributed by atoms with Gasteiger partial charge in [-0.15, -0.1) is 10.2 Å². The number of carbonyl (C=O) groups is 1. The normalized spacial score (nSPS) is 19.7. The van der Waals surface area contributed by atoms with Crippen molar-refractivity contribution in [1.29, 1.82) is 0 Å². The van der Waals surface area contributed by atoms with Crippen molar-refractivity contribution in [2.24, 2.45) is 0 Å². The Hall–Kier alpha value is -2.36. The number of hydrogen-bond donors (Lipinski definition) is 0. The molecule has 1 saturated heterocycles. The van der Waals surface area contributed by atoms with Crippen molar-refractivity contribution in [3.05, 3.63) is 36.2 Å². The van der Waals surface area contributed by atoms with Gasteiger partial charge in [-0.2, -0.15) is 13.2 Å². The molecule has 2 aliphatic rings. The zero-order valence-electron chi connectivity index (χ0n) is 14.7. The predicted molar refractivity (Wildman–Crippen MR) is 87.5 cm³/mol. The summed E-state index contributed by atoms with van der Waals surface area (Å²) < 4.78 is 47.5. The molecule has 1 fully saturated rings. The fraction of sp³-hybridized carbons (Fsp3) is 0.588. The summed E-state index contributed by atoms with van der Waals surface area (Å²) in [6.07, 6.45) is 1.07. The predicted octanol–water partition coefficient (Wildman–Crippen LogP) is 2.04. The second-order valence-corrected chi connectivity index (χ2v) is 7.01. The Kier molecular flexibility index (Phi) is 4.45. The molecule has 0 bridgehead atoms. The number of ether oxygens (including phenoxy) is 1. The number of fused-ring (bicyclic) bond motifs is 1. The zero-order chi connectivity index (χ0) is 19.1. The number of rotatable bonds is 3. The third-order valence-electron chi connectivity index (χ3n) is 5.42. The monoisotopic (exact) mass is 383 g/mol. The standard InChI is InChI=1S/C17H20F3N5O2/c18-17(19,20)15-22-21-13-12-23(7-8-25(13)15)14(26)11-16(3-9-27-10-4-16)24-5-1-2-6-24/h1-2,5-6H,3-4,7-12H2. The number of aromatic nitrogens is 4. The van der Waals surface area contributed by atoms with Crippen LogP contribution < -0.4 is 0 Å². The smallest absolute Gasteiger partial charge is 0.381 e. The Balaban J connectivity index is 1.51. The van der Waals surface area contributed by atoms with Crippen LogP contribution in [0.25, 0.3) is 0 Å². The van der Waals surface area contributed by atoms with Gasteiger partial charge in [0.1, 0.15) is 0 Å². The zero-order valence-corrected chi connectivity index (χ0v) is 14.7. The van der Waals surface area contributed by atoms with Crippen LogP contribution in [0.5, 0.6) is 0 Å². The van der Waals surface area contributed by atoms with Gasteiger partial charge >= 0.3 is 6.18 Å². The SMILES string of the molecule is O=C(CC1(n2cccc2)CCOCC1)N1CCn2c(nnc2C(F)(F)F)C1. The van der Waals surface area contributed by atoms with Crippen molar-refractivity contribution in [1.82, 2.24) is 24.2 Å². The van der Waals surface area contributed by atoms with E-state index in [-0.39, 0.29) is 43.3 Å². The molecule has 0 aromatic carbocycles. The fourth-order valence-corrected chi connectivity index (χ4v) is 3.90. The van der Waals surface area contributed by atoms with Gasteiger partial charge in [-0.1, -0.05) is 0 Å². The minimum absolute atomic E-state index is 0.0418. The van der Waals surface area contributed by atoms with E-state index in [4.69, 9.17) is 4.74 Å². The summed E-state index contributed by atoms with van der Waals surface area (Å²) in [4.78, 5) is 14.5. The van der Waals surface area contributed by atoms with Crippen molar-refractivity contribution in [3.8, 4) is 0 Å². The highest BCUT2D eigenvalue weighted by Crippen LogP contribution is 2.34. The second kappa shape index (κ2) is 6.66. The molecule has 1 amide bonds. The first-order chi connectivity index (χ1) is 12.9. The average Bonchev–Trinajstić information content (AvgIpc) is 3.31. The molecule has 4 heterocycles. The quantitative estimate of drug-likeness (QED) is 0.814. The number of amides is 1. The highest BCUT2D eigenvalue weighted by Gasteiger charge is 2.41. The van der Waals surface area contributed by atoms with Crippen molar-refractivity contribution in [3.63, 3.8) is 0 Å². The van der Waals surface area contributed by atoms with Gasteiger partial charge in [-0.05, 0) is 25.0 Å². The molecule has 2 aliphatic heterocycles. The molecule has 0 spiro atoms. The number of alkyl halides is 3. The lowest BCUT2D eigenvalue weighted by Crippen LogP contribution is -2.46. The summed E-state index contributed by atoms with van der Waals surface area (Å²) in [5.74, 6) is -0.921. The maximum absolute atomic E-state index is 13.0. The van der Waals surface area contributed by atoms with Crippen LogP contribution in [0, 0.1) is 0 Å². The Morgan fingerprint density at radius 3 is 2.52 bits per heavy atom. The molecule has 10 heteroatoms. The van der Waals surface area contributed by atoms with Gasteiger partial charge in [0.15, 0.2) is 5.82 Å². The topological polar surface area (TPSA) is 65.2 Å². The van der Waals surface area contributed by atoms with E-state index in [9.17, 15) is 18.0 Å². The van der Waals surface area contributed by atoms with Gasteiger partial charge in [0.05, 0.1) is 18.5 Å². The van der Waals surface area contributed by atoms with Gasteiger partial charge in [-0.25, -0.2) is 0 Å². The molecule has 0 atom stereocenters. The lowest BCUT2D eigenvalue weighted by molar-refractivity contribution is -0.148. The molecule has 4 rings (SSSR count). The molecule has 2 aromatic heterocycles. The fourth-order valence-electron chi connectivity index (χ4n) is 3.90. The van der Waals surface area contributed by atoms with Crippen LogP contribution >= 0.6 is 0 Å². The molecular formula is C17H20F3N5O2. The number of carbonyl (C=O) groups excluding carboxylic acids is 1. The van der Waals surface area contributed by atoms with Gasteiger partial charge < -0.3 is 18.8 Å². The number of nitrogens with zero attached hydrogens (tertiary/aromatic N) is 5. The van der Waals surface area contributed by atoms with Gasteiger partial charge in [0.2, 0.25) is 11.7 Å². The minimum atomic E-state index is -4.54. The number of hydrogen-bond acceptors (Lipinski definition) is 4. The molecule has 7 nitrogen and oxygen atoms in total. The first-order valence-corrected chi connectivity index (χ1v) is 8.87. The Morgan fingerprint density at radius 2 is 1.85 bits per heavy atom. The molecule has 146 valence electrons. The van der Waals surface area contributed by atoms with E-state index in [1.165, 1.54) is 0 Å². The first-order valence-electron chi connectivity index (χ1n) is 8.87. The summed E-state index contributed by atoms with van der Waals surface area (Å²) in [5, 5.41) is 6.91. The molecule has 0 unspecified atom stereocenters. The molecule has 0 aliphatic carbocycles. The van der Waals surface area contributed by atoms with Gasteiger partial charge in [0.25, 0.3) is 0 Å². The van der Waals surface area contributed by atoms with E-state index in [1.807, 2.05) is 24.5 Å². The van der Waals surface area contributed by atoms with E-state index < -0.39 is 12.0 Å². The van der Waals surface area contributed by atoms with Crippen molar-refractivity contribution in [2.45, 2.75) is 44.1 Å². The minimum Gasteiger partial charge on any atom is -0.381 e. The van der Waals surface area contributed by atoms with Crippen LogP contribution in [0.2, 0.25) is 0 Å². The van der Waals surface area contributed by atoms with Crippen molar-refractivity contribution >= 4 is 5.91 Å². The largest absolute Gasteiger partial charge is 0.451 e. The first kappa shape index (κ1) is 18.0. The van der Waals surface area contributed by atoms with Crippen LogP contribution in [-0.4, -0.2) is 49.9 Å². The van der Waals surface area contributed by atoms with Crippen molar-refractivity contribution < 1.29 is 22.7 Å². The van der Waals surface area contributed by atoms with Crippen molar-refractivity contribution in [2.75, 3.05) is 19.8 Å². The maximum Gasteiger partial charge on any atom is 0.451 e. The van der Waals surface area contributed by atoms with E-state index in [0.717, 1.165) is 17.4 Å². The Bertz CT molecular complexity index is 809. The van der Waals surface area contributed by atoms with Crippen LogP contribution in [0.3, 0.4) is 0 Å². The summed E-state index contributed by atoms with van der Waals surface area (Å²) in [6.45, 7) is 1.46. The van der Waals surface area contributed by atoms with Crippen LogP contribution in [-0.2, 0) is 34.3 Å². The van der Waals surface area contributed by atoms with Crippen LogP contribution in [0.15, 0.2) is 24.5 Å². The molecule has 0 N–H and O–H groups in total. The van der Waals surface area contributed by atoms with Gasteiger partial charge in [0, 0.05) is 38.7 Å². The molecule has 0 radical (unpaired) electrons. The maximum atomic E-state index is 13.0. The number of halogens is 3. The lowest BCUT2D eigenvalue weighted by Gasteiger charge is -2.40. The summed E-state index contributed by atoms with van der Waals surface area (Å²) in [6, 6.07) is 3.84. The molecule has 0 saturated carbocycles. The lowest BCUT2D eigenvalue weighted by atomic mass is 9.85. The summed E-state index contributed by atoms with van der Waals surface area (Å²) >= 11 is 0. The van der Waals surface area contributed by atoms with E-state index >= 15 is 0 Å². The molecule has 27 heavy (non-hydrogen) atoms.